The van der Waals surface area contributed by atoms with Crippen LogP contribution in [0.1, 0.15) is 5.56 Å². The summed E-state index contributed by atoms with van der Waals surface area (Å²) in [5.41, 5.74) is 3.75. The third-order valence-electron chi connectivity index (χ3n) is 3.63. The molecule has 0 aliphatic carbocycles. The third-order valence-corrected chi connectivity index (χ3v) is 3.63. The summed E-state index contributed by atoms with van der Waals surface area (Å²) in [5, 5.41) is 9.64. The number of aliphatic carboxylic acids is 1. The third kappa shape index (κ3) is 3.26. The van der Waals surface area contributed by atoms with Crippen molar-refractivity contribution in [1.82, 2.24) is 0 Å². The molecule has 116 valence electrons. The highest BCUT2D eigenvalue weighted by atomic mass is 16.4. The summed E-state index contributed by atoms with van der Waals surface area (Å²) < 4.78 is 5.88. The molecule has 0 aliphatic rings. The Balaban J connectivity index is 1.94. The Hall–Kier alpha value is -3.01. The molecule has 0 unspecified atom stereocenters. The highest BCUT2D eigenvalue weighted by molar-refractivity contribution is 5.88. The molecule has 0 aliphatic heterocycles. The van der Waals surface area contributed by atoms with Gasteiger partial charge in [0, 0.05) is 36.8 Å². The van der Waals surface area contributed by atoms with Gasteiger partial charge < -0.3 is 14.4 Å². The molecule has 1 heterocycles. The van der Waals surface area contributed by atoms with Gasteiger partial charge in [0.05, 0.1) is 0 Å². The first-order chi connectivity index (χ1) is 11.0. The van der Waals surface area contributed by atoms with Crippen molar-refractivity contribution in [3.05, 3.63) is 60.2 Å². The first-order valence-electron chi connectivity index (χ1n) is 7.25. The van der Waals surface area contributed by atoms with Gasteiger partial charge in [-0.3, -0.25) is 0 Å². The van der Waals surface area contributed by atoms with Crippen LogP contribution in [0.5, 0.6) is 0 Å². The fourth-order valence-electron chi connectivity index (χ4n) is 2.40. The van der Waals surface area contributed by atoms with Crippen molar-refractivity contribution in [2.24, 2.45) is 0 Å². The van der Waals surface area contributed by atoms with Crippen LogP contribution in [0.4, 0.5) is 5.69 Å². The van der Waals surface area contributed by atoms with Crippen LogP contribution < -0.4 is 4.90 Å². The van der Waals surface area contributed by atoms with E-state index in [0.717, 1.165) is 39.6 Å². The molecule has 1 N–H and O–H groups in total. The number of benzene rings is 2. The van der Waals surface area contributed by atoms with Crippen molar-refractivity contribution >= 4 is 28.7 Å². The molecule has 0 fully saturated rings. The molecule has 0 amide bonds. The van der Waals surface area contributed by atoms with Gasteiger partial charge >= 0.3 is 5.97 Å². The van der Waals surface area contributed by atoms with Gasteiger partial charge in [-0.1, -0.05) is 6.07 Å². The van der Waals surface area contributed by atoms with Crippen molar-refractivity contribution in [2.75, 3.05) is 19.0 Å². The summed E-state index contributed by atoms with van der Waals surface area (Å²) in [6.07, 6.45) is 2.70. The van der Waals surface area contributed by atoms with Crippen molar-refractivity contribution in [3.8, 4) is 11.3 Å². The fraction of sp³-hybridized carbons (Fsp3) is 0.105. The van der Waals surface area contributed by atoms with Gasteiger partial charge in [0.2, 0.25) is 0 Å². The van der Waals surface area contributed by atoms with Gasteiger partial charge in [-0.05, 0) is 54.1 Å². The SMILES string of the molecule is CN(C)c1ccc(-c2cc3cc(/C=C/C(=O)O)ccc3o2)cc1. The summed E-state index contributed by atoms with van der Waals surface area (Å²) in [7, 11) is 4.00. The lowest BCUT2D eigenvalue weighted by Gasteiger charge is -2.11. The second-order valence-corrected chi connectivity index (χ2v) is 5.52. The predicted molar refractivity (Wildman–Crippen MR) is 92.6 cm³/mol. The molecule has 4 heteroatoms. The number of anilines is 1. The first kappa shape index (κ1) is 14.9. The standard InChI is InChI=1S/C19H17NO3/c1-20(2)16-7-5-14(6-8-16)18-12-15-11-13(4-10-19(21)22)3-9-17(15)23-18/h3-12H,1-2H3,(H,21,22)/b10-4+. The van der Waals surface area contributed by atoms with Gasteiger partial charge in [-0.25, -0.2) is 4.79 Å². The zero-order chi connectivity index (χ0) is 16.4. The van der Waals surface area contributed by atoms with E-state index in [0.29, 0.717) is 0 Å². The van der Waals surface area contributed by atoms with Gasteiger partial charge in [-0.15, -0.1) is 0 Å². The Labute approximate surface area is 134 Å². The number of carboxylic acids is 1. The van der Waals surface area contributed by atoms with E-state index in [1.165, 1.54) is 0 Å². The summed E-state index contributed by atoms with van der Waals surface area (Å²) in [4.78, 5) is 12.6. The van der Waals surface area contributed by atoms with E-state index in [-0.39, 0.29) is 0 Å². The van der Waals surface area contributed by atoms with E-state index in [4.69, 9.17) is 9.52 Å². The molecule has 0 radical (unpaired) electrons. The topological polar surface area (TPSA) is 53.7 Å². The summed E-state index contributed by atoms with van der Waals surface area (Å²) >= 11 is 0. The van der Waals surface area contributed by atoms with E-state index >= 15 is 0 Å². The van der Waals surface area contributed by atoms with Gasteiger partial charge in [0.1, 0.15) is 11.3 Å². The van der Waals surface area contributed by atoms with Crippen LogP contribution in [0, 0.1) is 0 Å². The monoisotopic (exact) mass is 307 g/mol. The maximum absolute atomic E-state index is 10.6. The molecular weight excluding hydrogens is 290 g/mol. The van der Waals surface area contributed by atoms with Gasteiger partial charge in [0.15, 0.2) is 0 Å². The van der Waals surface area contributed by atoms with Crippen LogP contribution in [-0.4, -0.2) is 25.2 Å². The molecule has 0 saturated carbocycles. The number of rotatable bonds is 4. The largest absolute Gasteiger partial charge is 0.478 e. The number of hydrogen-bond donors (Lipinski definition) is 1. The van der Waals surface area contributed by atoms with Crippen LogP contribution in [0.25, 0.3) is 28.4 Å². The molecule has 4 nitrogen and oxygen atoms in total. The average molecular weight is 307 g/mol. The van der Waals surface area contributed by atoms with E-state index in [2.05, 4.69) is 0 Å². The fourth-order valence-corrected chi connectivity index (χ4v) is 2.40. The zero-order valence-electron chi connectivity index (χ0n) is 13.0. The number of carboxylic acid groups (broad SMARTS) is 1. The number of nitrogens with zero attached hydrogens (tertiary/aromatic N) is 1. The second-order valence-electron chi connectivity index (χ2n) is 5.52. The Bertz CT molecular complexity index is 873. The van der Waals surface area contributed by atoms with Crippen molar-refractivity contribution in [3.63, 3.8) is 0 Å². The number of hydrogen-bond acceptors (Lipinski definition) is 3. The van der Waals surface area contributed by atoms with Crippen LogP contribution in [-0.2, 0) is 4.79 Å². The maximum atomic E-state index is 10.6. The quantitative estimate of drug-likeness (QED) is 0.732. The minimum absolute atomic E-state index is 0.782. The lowest BCUT2D eigenvalue weighted by atomic mass is 10.1. The molecule has 1 aromatic heterocycles. The maximum Gasteiger partial charge on any atom is 0.328 e. The minimum Gasteiger partial charge on any atom is -0.478 e. The number of furan rings is 1. The lowest BCUT2D eigenvalue weighted by Crippen LogP contribution is -2.07. The van der Waals surface area contributed by atoms with Crippen LogP contribution in [0.15, 0.2) is 59.0 Å². The Morgan fingerprint density at radius 3 is 2.48 bits per heavy atom. The Morgan fingerprint density at radius 1 is 1.09 bits per heavy atom. The number of carbonyl (C=O) groups is 1. The Kier molecular flexibility index (Phi) is 3.89. The lowest BCUT2D eigenvalue weighted by molar-refractivity contribution is -0.131. The van der Waals surface area contributed by atoms with Crippen molar-refractivity contribution in [1.29, 1.82) is 0 Å². The van der Waals surface area contributed by atoms with Crippen molar-refractivity contribution in [2.45, 2.75) is 0 Å². The normalized spacial score (nSPS) is 11.2. The predicted octanol–water partition coefficient (Wildman–Crippen LogP) is 4.26. The van der Waals surface area contributed by atoms with Crippen LogP contribution in [0.2, 0.25) is 0 Å². The summed E-state index contributed by atoms with van der Waals surface area (Å²) in [6.45, 7) is 0. The average Bonchev–Trinajstić information content (AvgIpc) is 2.96. The highest BCUT2D eigenvalue weighted by Crippen LogP contribution is 2.29. The van der Waals surface area contributed by atoms with Crippen LogP contribution >= 0.6 is 0 Å². The minimum atomic E-state index is -0.959. The molecule has 0 saturated heterocycles. The van der Waals surface area contributed by atoms with E-state index in [1.807, 2.05) is 67.5 Å². The smallest absolute Gasteiger partial charge is 0.328 e. The van der Waals surface area contributed by atoms with E-state index in [1.54, 1.807) is 6.08 Å². The summed E-state index contributed by atoms with van der Waals surface area (Å²) in [6, 6.07) is 15.7. The molecule has 0 bridgehead atoms. The molecule has 0 spiro atoms. The highest BCUT2D eigenvalue weighted by Gasteiger charge is 2.07. The molecule has 23 heavy (non-hydrogen) atoms. The first-order valence-corrected chi connectivity index (χ1v) is 7.25. The molecule has 3 aromatic rings. The van der Waals surface area contributed by atoms with Gasteiger partial charge in [-0.2, -0.15) is 0 Å². The second kappa shape index (κ2) is 6.01. The number of fused-ring (bicyclic) bond motifs is 1. The van der Waals surface area contributed by atoms with E-state index < -0.39 is 5.97 Å². The Morgan fingerprint density at radius 2 is 1.83 bits per heavy atom. The molecular formula is C19H17NO3. The molecule has 2 aromatic carbocycles. The van der Waals surface area contributed by atoms with Gasteiger partial charge in [0.25, 0.3) is 0 Å². The molecule has 3 rings (SSSR count). The zero-order valence-corrected chi connectivity index (χ0v) is 13.0. The van der Waals surface area contributed by atoms with Crippen LogP contribution in [0.3, 0.4) is 0 Å². The summed E-state index contributed by atoms with van der Waals surface area (Å²) in [5.74, 6) is -0.163. The van der Waals surface area contributed by atoms with Crippen molar-refractivity contribution < 1.29 is 14.3 Å². The van der Waals surface area contributed by atoms with E-state index in [9.17, 15) is 4.79 Å². The molecule has 0 atom stereocenters.